The molecule has 2 atom stereocenters. The van der Waals surface area contributed by atoms with Crippen LogP contribution in [-0.4, -0.2) is 18.4 Å². The second kappa shape index (κ2) is 6.55. The summed E-state index contributed by atoms with van der Waals surface area (Å²) < 4.78 is 0. The summed E-state index contributed by atoms with van der Waals surface area (Å²) in [5.41, 5.74) is 2.29. The van der Waals surface area contributed by atoms with Crippen LogP contribution in [0.25, 0.3) is 0 Å². The summed E-state index contributed by atoms with van der Waals surface area (Å²) in [5.74, 6) is 0.733. The molecule has 0 aliphatic heterocycles. The first-order valence-electron chi connectivity index (χ1n) is 7.17. The van der Waals surface area contributed by atoms with Crippen LogP contribution in [-0.2, 0) is 16.1 Å². The molecular weight excluding hydrogens is 252 g/mol. The van der Waals surface area contributed by atoms with Gasteiger partial charge >= 0.3 is 0 Å². The van der Waals surface area contributed by atoms with Gasteiger partial charge in [0.15, 0.2) is 0 Å². The average molecular weight is 274 g/mol. The van der Waals surface area contributed by atoms with Crippen molar-refractivity contribution in [3.8, 4) is 0 Å². The van der Waals surface area contributed by atoms with E-state index < -0.39 is 0 Å². The number of nitrogens with one attached hydrogen (secondary N) is 2. The summed E-state index contributed by atoms with van der Waals surface area (Å²) in [6, 6.07) is 7.98. The van der Waals surface area contributed by atoms with Gasteiger partial charge in [-0.15, -0.1) is 0 Å². The van der Waals surface area contributed by atoms with Crippen LogP contribution in [0.3, 0.4) is 0 Å². The van der Waals surface area contributed by atoms with Gasteiger partial charge in [0, 0.05) is 25.4 Å². The van der Waals surface area contributed by atoms with Gasteiger partial charge in [0.1, 0.15) is 0 Å². The van der Waals surface area contributed by atoms with Gasteiger partial charge in [-0.05, 0) is 30.4 Å². The molecule has 2 N–H and O–H groups in total. The van der Waals surface area contributed by atoms with Gasteiger partial charge in [0.2, 0.25) is 11.8 Å². The zero-order chi connectivity index (χ0) is 14.5. The van der Waals surface area contributed by atoms with E-state index >= 15 is 0 Å². The Morgan fingerprint density at radius 1 is 1.25 bits per heavy atom. The largest absolute Gasteiger partial charge is 0.355 e. The van der Waals surface area contributed by atoms with E-state index in [1.165, 1.54) is 5.56 Å². The standard InChI is InChI=1S/C16H22N2O2/c1-11-5-3-4-6-13(11)10-18-15(19)7-8-17-16(20)14-9-12(14)2/h3-6,12,14H,7-10H2,1-2H3,(H,17,20)(H,18,19)/t12-,14+/m0/s1. The lowest BCUT2D eigenvalue weighted by Gasteiger charge is -2.08. The summed E-state index contributed by atoms with van der Waals surface area (Å²) in [5, 5.41) is 5.69. The fourth-order valence-corrected chi connectivity index (χ4v) is 2.21. The third kappa shape index (κ3) is 4.08. The van der Waals surface area contributed by atoms with E-state index in [1.807, 2.05) is 31.2 Å². The zero-order valence-electron chi connectivity index (χ0n) is 12.1. The maximum absolute atomic E-state index is 11.7. The van der Waals surface area contributed by atoms with Gasteiger partial charge in [-0.25, -0.2) is 0 Å². The lowest BCUT2D eigenvalue weighted by Crippen LogP contribution is -2.31. The first-order valence-corrected chi connectivity index (χ1v) is 7.17. The van der Waals surface area contributed by atoms with Crippen molar-refractivity contribution in [2.45, 2.75) is 33.2 Å². The van der Waals surface area contributed by atoms with Gasteiger partial charge < -0.3 is 10.6 Å². The minimum absolute atomic E-state index is 0.0302. The van der Waals surface area contributed by atoms with Crippen molar-refractivity contribution in [1.82, 2.24) is 10.6 Å². The molecular formula is C16H22N2O2. The molecule has 0 aromatic heterocycles. The van der Waals surface area contributed by atoms with Crippen LogP contribution in [0.15, 0.2) is 24.3 Å². The average Bonchev–Trinajstić information content (AvgIpc) is 3.15. The minimum atomic E-state index is -0.0302. The van der Waals surface area contributed by atoms with E-state index in [0.717, 1.165) is 12.0 Å². The Balaban J connectivity index is 1.63. The highest BCUT2D eigenvalue weighted by atomic mass is 16.2. The lowest BCUT2D eigenvalue weighted by molar-refractivity contribution is -0.123. The molecule has 0 spiro atoms. The number of aryl methyl sites for hydroxylation is 1. The molecule has 1 aromatic rings. The fourth-order valence-electron chi connectivity index (χ4n) is 2.21. The Bertz CT molecular complexity index is 499. The summed E-state index contributed by atoms with van der Waals surface area (Å²) in [4.78, 5) is 23.3. The van der Waals surface area contributed by atoms with Crippen LogP contribution in [0.4, 0.5) is 0 Å². The Morgan fingerprint density at radius 2 is 1.95 bits per heavy atom. The van der Waals surface area contributed by atoms with Gasteiger partial charge in [-0.3, -0.25) is 9.59 Å². The summed E-state index contributed by atoms with van der Waals surface area (Å²) in [7, 11) is 0. The highest BCUT2D eigenvalue weighted by Gasteiger charge is 2.38. The third-order valence-corrected chi connectivity index (χ3v) is 3.83. The molecule has 1 aliphatic carbocycles. The van der Waals surface area contributed by atoms with Crippen LogP contribution in [0.5, 0.6) is 0 Å². The highest BCUT2D eigenvalue weighted by Crippen LogP contribution is 2.37. The summed E-state index contributed by atoms with van der Waals surface area (Å²) in [6.45, 7) is 5.05. The van der Waals surface area contributed by atoms with Crippen LogP contribution in [0, 0.1) is 18.8 Å². The third-order valence-electron chi connectivity index (χ3n) is 3.83. The van der Waals surface area contributed by atoms with Crippen molar-refractivity contribution in [3.05, 3.63) is 35.4 Å². The number of carbonyl (C=O) groups is 2. The molecule has 4 nitrogen and oxygen atoms in total. The second-order valence-corrected chi connectivity index (χ2v) is 5.56. The maximum Gasteiger partial charge on any atom is 0.223 e. The number of carbonyl (C=O) groups excluding carboxylic acids is 2. The molecule has 0 heterocycles. The molecule has 1 fully saturated rings. The van der Waals surface area contributed by atoms with E-state index in [4.69, 9.17) is 0 Å². The van der Waals surface area contributed by atoms with Crippen molar-refractivity contribution < 1.29 is 9.59 Å². The first-order chi connectivity index (χ1) is 9.58. The smallest absolute Gasteiger partial charge is 0.223 e. The number of benzene rings is 1. The molecule has 0 radical (unpaired) electrons. The van der Waals surface area contributed by atoms with E-state index in [1.54, 1.807) is 0 Å². The predicted molar refractivity (Wildman–Crippen MR) is 77.9 cm³/mol. The highest BCUT2D eigenvalue weighted by molar-refractivity contribution is 5.82. The monoisotopic (exact) mass is 274 g/mol. The van der Waals surface area contributed by atoms with Crippen molar-refractivity contribution in [1.29, 1.82) is 0 Å². The molecule has 0 bridgehead atoms. The second-order valence-electron chi connectivity index (χ2n) is 5.56. The van der Waals surface area contributed by atoms with E-state index in [9.17, 15) is 9.59 Å². The fraction of sp³-hybridized carbons (Fsp3) is 0.500. The lowest BCUT2D eigenvalue weighted by atomic mass is 10.1. The topological polar surface area (TPSA) is 58.2 Å². The Kier molecular flexibility index (Phi) is 4.77. The van der Waals surface area contributed by atoms with Crippen LogP contribution in [0.2, 0.25) is 0 Å². The normalized spacial score (nSPS) is 20.3. The molecule has 2 rings (SSSR count). The molecule has 2 amide bonds. The van der Waals surface area contributed by atoms with Crippen molar-refractivity contribution in [2.24, 2.45) is 11.8 Å². The zero-order valence-corrected chi connectivity index (χ0v) is 12.1. The van der Waals surface area contributed by atoms with E-state index in [-0.39, 0.29) is 17.7 Å². The molecule has 1 saturated carbocycles. The van der Waals surface area contributed by atoms with Crippen molar-refractivity contribution in [2.75, 3.05) is 6.54 Å². The van der Waals surface area contributed by atoms with Crippen LogP contribution in [0.1, 0.15) is 30.9 Å². The number of hydrogen-bond donors (Lipinski definition) is 2. The van der Waals surface area contributed by atoms with E-state index in [2.05, 4.69) is 17.6 Å². The number of amides is 2. The van der Waals surface area contributed by atoms with Crippen molar-refractivity contribution >= 4 is 11.8 Å². The van der Waals surface area contributed by atoms with Gasteiger partial charge in [0.25, 0.3) is 0 Å². The van der Waals surface area contributed by atoms with Crippen LogP contribution >= 0.6 is 0 Å². The molecule has 4 heteroatoms. The van der Waals surface area contributed by atoms with Crippen molar-refractivity contribution in [3.63, 3.8) is 0 Å². The number of rotatable bonds is 6. The SMILES string of the molecule is Cc1ccccc1CNC(=O)CCNC(=O)[C@@H]1C[C@@H]1C. The summed E-state index contributed by atoms with van der Waals surface area (Å²) in [6.07, 6.45) is 1.31. The number of hydrogen-bond acceptors (Lipinski definition) is 2. The van der Waals surface area contributed by atoms with E-state index in [0.29, 0.717) is 25.4 Å². The quantitative estimate of drug-likeness (QED) is 0.830. The predicted octanol–water partition coefficient (Wildman–Crippen LogP) is 1.77. The molecule has 108 valence electrons. The van der Waals surface area contributed by atoms with Gasteiger partial charge in [0.05, 0.1) is 0 Å². The Hall–Kier alpha value is -1.84. The molecule has 1 aromatic carbocycles. The Morgan fingerprint density at radius 3 is 2.60 bits per heavy atom. The van der Waals surface area contributed by atoms with Gasteiger partial charge in [-0.2, -0.15) is 0 Å². The van der Waals surface area contributed by atoms with Crippen LogP contribution < -0.4 is 10.6 Å². The molecule has 0 unspecified atom stereocenters. The molecule has 0 saturated heterocycles. The Labute approximate surface area is 119 Å². The molecule has 20 heavy (non-hydrogen) atoms. The summed E-state index contributed by atoms with van der Waals surface area (Å²) >= 11 is 0. The van der Waals surface area contributed by atoms with Gasteiger partial charge in [-0.1, -0.05) is 31.2 Å². The maximum atomic E-state index is 11.7. The minimum Gasteiger partial charge on any atom is -0.355 e. The first kappa shape index (κ1) is 14.6. The molecule has 1 aliphatic rings.